The van der Waals surface area contributed by atoms with Crippen molar-refractivity contribution < 1.29 is 14.6 Å². The lowest BCUT2D eigenvalue weighted by Crippen LogP contribution is -2.34. The van der Waals surface area contributed by atoms with Gasteiger partial charge in [-0.2, -0.15) is 0 Å². The highest BCUT2D eigenvalue weighted by Gasteiger charge is 2.18. The summed E-state index contributed by atoms with van der Waals surface area (Å²) < 4.78 is 11.0. The van der Waals surface area contributed by atoms with Crippen molar-refractivity contribution in [1.29, 1.82) is 0 Å². The second kappa shape index (κ2) is 8.44. The van der Waals surface area contributed by atoms with Gasteiger partial charge in [-0.3, -0.25) is 9.88 Å². The Morgan fingerprint density at radius 2 is 2.38 bits per heavy atom. The van der Waals surface area contributed by atoms with Gasteiger partial charge in [0.25, 0.3) is 0 Å². The molecule has 3 unspecified atom stereocenters. The van der Waals surface area contributed by atoms with Crippen LogP contribution in [0.3, 0.4) is 0 Å². The first-order valence-corrected chi connectivity index (χ1v) is 7.65. The number of rotatable bonds is 8. The van der Waals surface area contributed by atoms with Crippen LogP contribution < -0.4 is 0 Å². The molecule has 5 heteroatoms. The van der Waals surface area contributed by atoms with Crippen LogP contribution in [0.15, 0.2) is 24.4 Å². The molecule has 1 aromatic rings. The average molecular weight is 294 g/mol. The summed E-state index contributed by atoms with van der Waals surface area (Å²) in [6.45, 7) is 4.40. The molecule has 5 nitrogen and oxygen atoms in total. The molecule has 2 rings (SSSR count). The third-order valence-electron chi connectivity index (χ3n) is 3.91. The summed E-state index contributed by atoms with van der Waals surface area (Å²) in [6, 6.07) is 6.05. The number of pyridine rings is 1. The molecule has 1 N–H and O–H groups in total. The van der Waals surface area contributed by atoms with Gasteiger partial charge in [0, 0.05) is 25.4 Å². The molecule has 118 valence electrons. The van der Waals surface area contributed by atoms with E-state index in [0.29, 0.717) is 19.8 Å². The minimum Gasteiger partial charge on any atom is -0.389 e. The van der Waals surface area contributed by atoms with Crippen molar-refractivity contribution in [3.63, 3.8) is 0 Å². The van der Waals surface area contributed by atoms with E-state index in [4.69, 9.17) is 9.47 Å². The first kappa shape index (κ1) is 16.4. The molecule has 1 aromatic heterocycles. The van der Waals surface area contributed by atoms with Crippen LogP contribution in [0.25, 0.3) is 0 Å². The summed E-state index contributed by atoms with van der Waals surface area (Å²) in [5.41, 5.74) is 1.01. The monoisotopic (exact) mass is 294 g/mol. The Hall–Kier alpha value is -1.01. The first-order chi connectivity index (χ1) is 10.2. The molecule has 21 heavy (non-hydrogen) atoms. The highest BCUT2D eigenvalue weighted by molar-refractivity contribution is 5.07. The zero-order valence-electron chi connectivity index (χ0n) is 12.9. The van der Waals surface area contributed by atoms with E-state index in [1.807, 2.05) is 25.2 Å². The Morgan fingerprint density at radius 3 is 3.05 bits per heavy atom. The molecule has 0 bridgehead atoms. The number of likely N-dealkylation sites (N-methyl/N-ethyl adjacent to an activating group) is 1. The quantitative estimate of drug-likeness (QED) is 0.790. The molecule has 0 aromatic carbocycles. The number of hydrogen-bond donors (Lipinski definition) is 1. The van der Waals surface area contributed by atoms with Crippen LogP contribution in [0.2, 0.25) is 0 Å². The Labute approximate surface area is 126 Å². The Bertz CT molecular complexity index is 396. The van der Waals surface area contributed by atoms with Crippen molar-refractivity contribution >= 4 is 0 Å². The zero-order chi connectivity index (χ0) is 15.1. The third-order valence-corrected chi connectivity index (χ3v) is 3.91. The van der Waals surface area contributed by atoms with Crippen molar-refractivity contribution in [2.75, 3.05) is 33.4 Å². The maximum Gasteiger partial charge on any atom is 0.0900 e. The second-order valence-electron chi connectivity index (χ2n) is 5.70. The van der Waals surface area contributed by atoms with Crippen LogP contribution in [0.1, 0.15) is 31.5 Å². The molecule has 0 radical (unpaired) electrons. The Morgan fingerprint density at radius 1 is 1.52 bits per heavy atom. The Kier molecular flexibility index (Phi) is 6.57. The number of aliphatic hydroxyl groups excluding tert-OH is 1. The molecule has 1 saturated heterocycles. The molecular weight excluding hydrogens is 268 g/mol. The highest BCUT2D eigenvalue weighted by atomic mass is 16.5. The van der Waals surface area contributed by atoms with E-state index in [1.165, 1.54) is 0 Å². The zero-order valence-corrected chi connectivity index (χ0v) is 12.9. The molecule has 0 aliphatic carbocycles. The van der Waals surface area contributed by atoms with Crippen LogP contribution in [-0.2, 0) is 9.47 Å². The van der Waals surface area contributed by atoms with Crippen molar-refractivity contribution in [2.24, 2.45) is 0 Å². The molecule has 1 aliphatic rings. The lowest BCUT2D eigenvalue weighted by Gasteiger charge is -2.26. The molecule has 0 spiro atoms. The van der Waals surface area contributed by atoms with Crippen LogP contribution in [0, 0.1) is 0 Å². The molecule has 1 aliphatic heterocycles. The second-order valence-corrected chi connectivity index (χ2v) is 5.70. The Balaban J connectivity index is 1.67. The van der Waals surface area contributed by atoms with E-state index in [0.717, 1.165) is 25.1 Å². The molecular formula is C16H26N2O3. The standard InChI is InChI=1S/C16H26N2O3/c1-13(16-7-3-4-8-17-16)18(2)10-14(19)11-20-12-15-6-5-9-21-15/h3-4,7-8,13-15,19H,5-6,9-12H2,1-2H3. The van der Waals surface area contributed by atoms with E-state index in [1.54, 1.807) is 6.20 Å². The van der Waals surface area contributed by atoms with Gasteiger partial charge in [-0.25, -0.2) is 0 Å². The van der Waals surface area contributed by atoms with Gasteiger partial charge in [0.1, 0.15) is 0 Å². The largest absolute Gasteiger partial charge is 0.389 e. The van der Waals surface area contributed by atoms with Crippen molar-refractivity contribution in [3.05, 3.63) is 30.1 Å². The van der Waals surface area contributed by atoms with Crippen LogP contribution in [-0.4, -0.2) is 60.6 Å². The van der Waals surface area contributed by atoms with E-state index in [-0.39, 0.29) is 12.1 Å². The summed E-state index contributed by atoms with van der Waals surface area (Å²) in [5.74, 6) is 0. The van der Waals surface area contributed by atoms with Gasteiger partial charge >= 0.3 is 0 Å². The maximum absolute atomic E-state index is 10.1. The van der Waals surface area contributed by atoms with Crippen LogP contribution in [0.4, 0.5) is 0 Å². The lowest BCUT2D eigenvalue weighted by atomic mass is 10.2. The summed E-state index contributed by atoms with van der Waals surface area (Å²) in [6.07, 6.45) is 3.68. The average Bonchev–Trinajstić information content (AvgIpc) is 3.00. The van der Waals surface area contributed by atoms with E-state index in [9.17, 15) is 5.11 Å². The normalized spacial score (nSPS) is 21.6. The number of nitrogens with zero attached hydrogens (tertiary/aromatic N) is 2. The van der Waals surface area contributed by atoms with Crippen molar-refractivity contribution in [2.45, 2.75) is 38.0 Å². The summed E-state index contributed by atoms with van der Waals surface area (Å²) >= 11 is 0. The molecule has 1 fully saturated rings. The minimum atomic E-state index is -0.498. The van der Waals surface area contributed by atoms with Crippen LogP contribution >= 0.6 is 0 Å². The number of aliphatic hydroxyl groups is 1. The van der Waals surface area contributed by atoms with Gasteiger partial charge in [0.05, 0.1) is 31.1 Å². The lowest BCUT2D eigenvalue weighted by molar-refractivity contribution is -0.0258. The van der Waals surface area contributed by atoms with Gasteiger partial charge in [-0.15, -0.1) is 0 Å². The van der Waals surface area contributed by atoms with Gasteiger partial charge in [0.15, 0.2) is 0 Å². The first-order valence-electron chi connectivity index (χ1n) is 7.65. The molecule has 0 saturated carbocycles. The predicted molar refractivity (Wildman–Crippen MR) is 81.1 cm³/mol. The number of hydrogen-bond acceptors (Lipinski definition) is 5. The number of ether oxygens (including phenoxy) is 2. The summed E-state index contributed by atoms with van der Waals surface area (Å²) in [5, 5.41) is 10.1. The summed E-state index contributed by atoms with van der Waals surface area (Å²) in [4.78, 5) is 6.44. The maximum atomic E-state index is 10.1. The van der Waals surface area contributed by atoms with Gasteiger partial charge < -0.3 is 14.6 Å². The predicted octanol–water partition coefficient (Wildman–Crippen LogP) is 1.63. The third kappa shape index (κ3) is 5.36. The molecule has 2 heterocycles. The smallest absolute Gasteiger partial charge is 0.0900 e. The van der Waals surface area contributed by atoms with Crippen molar-refractivity contribution in [3.8, 4) is 0 Å². The highest BCUT2D eigenvalue weighted by Crippen LogP contribution is 2.16. The fraction of sp³-hybridized carbons (Fsp3) is 0.688. The fourth-order valence-electron chi connectivity index (χ4n) is 2.50. The summed E-state index contributed by atoms with van der Waals surface area (Å²) in [7, 11) is 1.99. The minimum absolute atomic E-state index is 0.166. The van der Waals surface area contributed by atoms with Crippen LogP contribution in [0.5, 0.6) is 0 Å². The topological polar surface area (TPSA) is 54.8 Å². The van der Waals surface area contributed by atoms with Gasteiger partial charge in [-0.1, -0.05) is 6.07 Å². The van der Waals surface area contributed by atoms with Gasteiger partial charge in [-0.05, 0) is 38.9 Å². The van der Waals surface area contributed by atoms with Gasteiger partial charge in [0.2, 0.25) is 0 Å². The number of aromatic nitrogens is 1. The van der Waals surface area contributed by atoms with Crippen molar-refractivity contribution in [1.82, 2.24) is 9.88 Å². The molecule has 3 atom stereocenters. The van der Waals surface area contributed by atoms with E-state index >= 15 is 0 Å². The SMILES string of the molecule is CC(c1ccccn1)N(C)CC(O)COCC1CCCO1. The fourth-order valence-corrected chi connectivity index (χ4v) is 2.50. The van der Waals surface area contributed by atoms with E-state index in [2.05, 4.69) is 16.8 Å². The molecule has 0 amide bonds. The van der Waals surface area contributed by atoms with E-state index < -0.39 is 6.10 Å².